The van der Waals surface area contributed by atoms with Gasteiger partial charge in [0.15, 0.2) is 0 Å². The van der Waals surface area contributed by atoms with Crippen molar-refractivity contribution in [1.29, 1.82) is 0 Å². The summed E-state index contributed by atoms with van der Waals surface area (Å²) in [5.41, 5.74) is 0.876. The summed E-state index contributed by atoms with van der Waals surface area (Å²) >= 11 is 5.80. The summed E-state index contributed by atoms with van der Waals surface area (Å²) in [7, 11) is 0. The standard InChI is InChI=1S/C16H25ClFN/c1-5-9-19-15(16(3,4)6-2)10-12-7-8-13(17)11-14(12)18/h7-8,11,15,19H,5-6,9-10H2,1-4H3. The van der Waals surface area contributed by atoms with Gasteiger partial charge in [0.25, 0.3) is 0 Å². The fourth-order valence-electron chi connectivity index (χ4n) is 2.10. The molecule has 1 atom stereocenters. The first-order valence-corrected chi connectivity index (χ1v) is 7.45. The van der Waals surface area contributed by atoms with Crippen LogP contribution in [0.15, 0.2) is 18.2 Å². The highest BCUT2D eigenvalue weighted by Gasteiger charge is 2.28. The monoisotopic (exact) mass is 285 g/mol. The summed E-state index contributed by atoms with van der Waals surface area (Å²) in [5, 5.41) is 4.00. The predicted octanol–water partition coefficient (Wildman–Crippen LogP) is 4.83. The zero-order chi connectivity index (χ0) is 14.5. The highest BCUT2D eigenvalue weighted by Crippen LogP contribution is 2.28. The summed E-state index contributed by atoms with van der Waals surface area (Å²) in [6.45, 7) is 9.75. The van der Waals surface area contributed by atoms with Gasteiger partial charge >= 0.3 is 0 Å². The summed E-state index contributed by atoms with van der Waals surface area (Å²) in [6, 6.07) is 5.22. The van der Waals surface area contributed by atoms with Crippen LogP contribution in [0, 0.1) is 11.2 Å². The normalized spacial score (nSPS) is 13.6. The Morgan fingerprint density at radius 1 is 1.32 bits per heavy atom. The zero-order valence-electron chi connectivity index (χ0n) is 12.4. The molecule has 0 aromatic heterocycles. The number of nitrogens with one attached hydrogen (secondary N) is 1. The van der Waals surface area contributed by atoms with Crippen LogP contribution >= 0.6 is 11.6 Å². The lowest BCUT2D eigenvalue weighted by Crippen LogP contribution is -2.43. The first-order valence-electron chi connectivity index (χ1n) is 7.08. The second-order valence-electron chi connectivity index (χ2n) is 5.79. The van der Waals surface area contributed by atoms with E-state index in [1.54, 1.807) is 12.1 Å². The van der Waals surface area contributed by atoms with Gasteiger partial charge in [0.1, 0.15) is 5.82 Å². The maximum atomic E-state index is 13.9. The second kappa shape index (κ2) is 7.25. The van der Waals surface area contributed by atoms with Gasteiger partial charge in [-0.1, -0.05) is 45.4 Å². The van der Waals surface area contributed by atoms with Crippen LogP contribution in [0.4, 0.5) is 4.39 Å². The molecule has 19 heavy (non-hydrogen) atoms. The van der Waals surface area contributed by atoms with Crippen LogP contribution in [-0.2, 0) is 6.42 Å². The summed E-state index contributed by atoms with van der Waals surface area (Å²) in [4.78, 5) is 0. The van der Waals surface area contributed by atoms with Crippen molar-refractivity contribution in [2.24, 2.45) is 5.41 Å². The fraction of sp³-hybridized carbons (Fsp3) is 0.625. The largest absolute Gasteiger partial charge is 0.313 e. The SMILES string of the molecule is CCCNC(Cc1ccc(Cl)cc1F)C(C)(C)CC. The number of hydrogen-bond donors (Lipinski definition) is 1. The molecule has 1 nitrogen and oxygen atoms in total. The van der Waals surface area contributed by atoms with Gasteiger partial charge in [-0.15, -0.1) is 0 Å². The third kappa shape index (κ3) is 4.77. The molecule has 0 spiro atoms. The van der Waals surface area contributed by atoms with E-state index in [1.807, 2.05) is 0 Å². The Bertz CT molecular complexity index is 404. The van der Waals surface area contributed by atoms with Crippen LogP contribution in [0.5, 0.6) is 0 Å². The smallest absolute Gasteiger partial charge is 0.127 e. The summed E-state index contributed by atoms with van der Waals surface area (Å²) < 4.78 is 13.9. The van der Waals surface area contributed by atoms with E-state index in [1.165, 1.54) is 6.07 Å². The fourth-order valence-corrected chi connectivity index (χ4v) is 2.26. The first kappa shape index (κ1) is 16.5. The Morgan fingerprint density at radius 2 is 2.00 bits per heavy atom. The van der Waals surface area contributed by atoms with Gasteiger partial charge in [-0.3, -0.25) is 0 Å². The van der Waals surface area contributed by atoms with Crippen molar-refractivity contribution in [2.45, 2.75) is 53.0 Å². The van der Waals surface area contributed by atoms with Crippen LogP contribution in [0.2, 0.25) is 5.02 Å². The molecule has 1 aromatic carbocycles. The summed E-state index contributed by atoms with van der Waals surface area (Å²) in [5.74, 6) is -0.206. The number of hydrogen-bond acceptors (Lipinski definition) is 1. The average Bonchev–Trinajstić information content (AvgIpc) is 2.36. The highest BCUT2D eigenvalue weighted by molar-refractivity contribution is 6.30. The highest BCUT2D eigenvalue weighted by atomic mass is 35.5. The van der Waals surface area contributed by atoms with Crippen LogP contribution in [0.25, 0.3) is 0 Å². The Balaban J connectivity index is 2.87. The minimum Gasteiger partial charge on any atom is -0.313 e. The second-order valence-corrected chi connectivity index (χ2v) is 6.23. The van der Waals surface area contributed by atoms with Crippen LogP contribution in [-0.4, -0.2) is 12.6 Å². The molecule has 1 aromatic rings. The molecule has 0 aliphatic carbocycles. The molecular weight excluding hydrogens is 261 g/mol. The molecule has 1 rings (SSSR count). The maximum Gasteiger partial charge on any atom is 0.127 e. The van der Waals surface area contributed by atoms with Crippen molar-refractivity contribution >= 4 is 11.6 Å². The lowest BCUT2D eigenvalue weighted by molar-refractivity contribution is 0.229. The van der Waals surface area contributed by atoms with Gasteiger partial charge in [-0.2, -0.15) is 0 Å². The first-order chi connectivity index (χ1) is 8.90. The van der Waals surface area contributed by atoms with E-state index < -0.39 is 0 Å². The van der Waals surface area contributed by atoms with E-state index in [4.69, 9.17) is 11.6 Å². The van der Waals surface area contributed by atoms with Gasteiger partial charge < -0.3 is 5.32 Å². The van der Waals surface area contributed by atoms with Crippen molar-refractivity contribution < 1.29 is 4.39 Å². The van der Waals surface area contributed by atoms with Crippen molar-refractivity contribution in [3.05, 3.63) is 34.6 Å². The quantitative estimate of drug-likeness (QED) is 0.757. The molecule has 0 saturated heterocycles. The molecule has 0 fully saturated rings. The molecule has 0 aliphatic heterocycles. The maximum absolute atomic E-state index is 13.9. The minimum atomic E-state index is -0.206. The Kier molecular flexibility index (Phi) is 6.28. The van der Waals surface area contributed by atoms with Gasteiger partial charge in [0.05, 0.1) is 0 Å². The van der Waals surface area contributed by atoms with Gasteiger partial charge in [0.2, 0.25) is 0 Å². The van der Waals surface area contributed by atoms with E-state index in [2.05, 4.69) is 33.0 Å². The molecule has 3 heteroatoms. The minimum absolute atomic E-state index is 0.140. The van der Waals surface area contributed by atoms with E-state index in [-0.39, 0.29) is 17.3 Å². The van der Waals surface area contributed by atoms with Crippen molar-refractivity contribution in [3.8, 4) is 0 Å². The lowest BCUT2D eigenvalue weighted by Gasteiger charge is -2.34. The molecule has 1 unspecified atom stereocenters. The van der Waals surface area contributed by atoms with E-state index in [9.17, 15) is 4.39 Å². The van der Waals surface area contributed by atoms with Crippen molar-refractivity contribution in [1.82, 2.24) is 5.32 Å². The molecule has 1 N–H and O–H groups in total. The Morgan fingerprint density at radius 3 is 2.53 bits per heavy atom. The molecule has 0 aliphatic rings. The molecule has 0 amide bonds. The number of benzene rings is 1. The third-order valence-electron chi connectivity index (χ3n) is 3.93. The Hall–Kier alpha value is -0.600. The van der Waals surface area contributed by atoms with Crippen molar-refractivity contribution in [2.75, 3.05) is 6.54 Å². The molecule has 108 valence electrons. The summed E-state index contributed by atoms with van der Waals surface area (Å²) in [6.07, 6.45) is 2.84. The van der Waals surface area contributed by atoms with E-state index >= 15 is 0 Å². The van der Waals surface area contributed by atoms with Crippen LogP contribution in [0.1, 0.15) is 46.1 Å². The third-order valence-corrected chi connectivity index (χ3v) is 4.17. The molecule has 0 radical (unpaired) electrons. The molecule has 0 heterocycles. The van der Waals surface area contributed by atoms with Crippen molar-refractivity contribution in [3.63, 3.8) is 0 Å². The predicted molar refractivity (Wildman–Crippen MR) is 81.3 cm³/mol. The number of rotatable bonds is 7. The van der Waals surface area contributed by atoms with Gasteiger partial charge in [0, 0.05) is 11.1 Å². The van der Waals surface area contributed by atoms with E-state index in [0.29, 0.717) is 11.4 Å². The van der Waals surface area contributed by atoms with Crippen LogP contribution < -0.4 is 5.32 Å². The van der Waals surface area contributed by atoms with Gasteiger partial charge in [-0.05, 0) is 48.9 Å². The topological polar surface area (TPSA) is 12.0 Å². The molecule has 0 saturated carbocycles. The Labute approximate surface area is 121 Å². The van der Waals surface area contributed by atoms with Gasteiger partial charge in [-0.25, -0.2) is 4.39 Å². The molecule has 0 bridgehead atoms. The number of halogens is 2. The lowest BCUT2D eigenvalue weighted by atomic mass is 9.79. The van der Waals surface area contributed by atoms with Crippen LogP contribution in [0.3, 0.4) is 0 Å². The zero-order valence-corrected chi connectivity index (χ0v) is 13.1. The van der Waals surface area contributed by atoms with E-state index in [0.717, 1.165) is 24.9 Å². The molecular formula is C16H25ClFN. The average molecular weight is 286 g/mol.